The van der Waals surface area contributed by atoms with Gasteiger partial charge in [-0.2, -0.15) is 0 Å². The van der Waals surface area contributed by atoms with Crippen molar-refractivity contribution in [2.75, 3.05) is 0 Å². The third-order valence-corrected chi connectivity index (χ3v) is 10.2. The average molecular weight is 665 g/mol. The Kier molecular flexibility index (Phi) is 28.0. The maximum absolute atomic E-state index is 11.2. The molecule has 0 heterocycles. The molecule has 2 aromatic rings. The summed E-state index contributed by atoms with van der Waals surface area (Å²) >= 11 is 0. The predicted octanol–water partition coefficient (Wildman–Crippen LogP) is 14.7. The Labute approximate surface area is 297 Å². The predicted molar refractivity (Wildman–Crippen MR) is 210 cm³/mol. The highest BCUT2D eigenvalue weighted by atomic mass is 16.4. The number of aromatic hydroxyl groups is 1. The van der Waals surface area contributed by atoms with Gasteiger partial charge < -0.3 is 10.2 Å². The topological polar surface area (TPSA) is 57.5 Å². The largest absolute Gasteiger partial charge is 0.507 e. The molecular formula is C45H76O3. The number of carboxylic acids is 1. The van der Waals surface area contributed by atoms with Crippen LogP contribution in [0.3, 0.4) is 0 Å². The zero-order valence-electron chi connectivity index (χ0n) is 32.1. The van der Waals surface area contributed by atoms with Gasteiger partial charge in [0.2, 0.25) is 0 Å². The third kappa shape index (κ3) is 22.4. The molecule has 0 fully saturated rings. The zero-order valence-corrected chi connectivity index (χ0v) is 32.1. The van der Waals surface area contributed by atoms with E-state index >= 15 is 0 Å². The van der Waals surface area contributed by atoms with Gasteiger partial charge in [-0.1, -0.05) is 198 Å². The fraction of sp³-hybridized carbons (Fsp3) is 0.711. The van der Waals surface area contributed by atoms with E-state index in [1.807, 2.05) is 6.07 Å². The summed E-state index contributed by atoms with van der Waals surface area (Å²) in [5.41, 5.74) is 5.33. The first kappa shape index (κ1) is 43.7. The van der Waals surface area contributed by atoms with Crippen LogP contribution in [0, 0.1) is 13.8 Å². The van der Waals surface area contributed by atoms with Crippen LogP contribution < -0.4 is 0 Å². The molecule has 2 N–H and O–H groups in total. The summed E-state index contributed by atoms with van der Waals surface area (Å²) in [6.07, 6.45) is 37.7. The van der Waals surface area contributed by atoms with Crippen LogP contribution in [0.25, 0.3) is 0 Å². The fourth-order valence-electron chi connectivity index (χ4n) is 6.79. The SMILES string of the molecule is CCCCCCCCCCCCCCCc1cccc(C)c1C.CCCCCCCCCCCCCCCc1cccc(O)c1C(=O)O. The molecule has 0 unspecified atom stereocenters. The van der Waals surface area contributed by atoms with Crippen LogP contribution in [0.15, 0.2) is 36.4 Å². The number of aryl methyl sites for hydroxylation is 3. The number of aromatic carboxylic acids is 1. The number of benzene rings is 2. The van der Waals surface area contributed by atoms with E-state index in [4.69, 9.17) is 0 Å². The summed E-state index contributed by atoms with van der Waals surface area (Å²) in [6, 6.07) is 11.7. The lowest BCUT2D eigenvalue weighted by Crippen LogP contribution is -2.03. The lowest BCUT2D eigenvalue weighted by atomic mass is 9.98. The Morgan fingerprint density at radius 3 is 1.21 bits per heavy atom. The van der Waals surface area contributed by atoms with E-state index in [0.717, 1.165) is 24.8 Å². The molecule has 3 nitrogen and oxygen atoms in total. The molecule has 0 aromatic heterocycles. The van der Waals surface area contributed by atoms with Gasteiger partial charge in [0.1, 0.15) is 11.3 Å². The van der Waals surface area contributed by atoms with Crippen LogP contribution in [0.1, 0.15) is 213 Å². The van der Waals surface area contributed by atoms with Crippen molar-refractivity contribution in [1.82, 2.24) is 0 Å². The van der Waals surface area contributed by atoms with E-state index in [2.05, 4.69) is 45.9 Å². The van der Waals surface area contributed by atoms with Crippen molar-refractivity contribution in [3.05, 3.63) is 64.2 Å². The number of unbranched alkanes of at least 4 members (excludes halogenated alkanes) is 24. The van der Waals surface area contributed by atoms with Crippen LogP contribution in [0.5, 0.6) is 5.75 Å². The van der Waals surface area contributed by atoms with E-state index in [1.165, 1.54) is 178 Å². The van der Waals surface area contributed by atoms with Gasteiger partial charge in [-0.25, -0.2) is 4.79 Å². The average Bonchev–Trinajstić information content (AvgIpc) is 3.07. The van der Waals surface area contributed by atoms with Crippen LogP contribution >= 0.6 is 0 Å². The van der Waals surface area contributed by atoms with Gasteiger partial charge in [-0.3, -0.25) is 0 Å². The summed E-state index contributed by atoms with van der Waals surface area (Å²) < 4.78 is 0. The van der Waals surface area contributed by atoms with Gasteiger partial charge in [0, 0.05) is 0 Å². The number of carbonyl (C=O) groups is 1. The first-order chi connectivity index (χ1) is 23.4. The molecule has 0 saturated heterocycles. The highest BCUT2D eigenvalue weighted by Gasteiger charge is 2.14. The molecule has 0 amide bonds. The highest BCUT2D eigenvalue weighted by Crippen LogP contribution is 2.23. The van der Waals surface area contributed by atoms with E-state index in [1.54, 1.807) is 11.6 Å². The second-order valence-electron chi connectivity index (χ2n) is 14.5. The van der Waals surface area contributed by atoms with Crippen molar-refractivity contribution in [3.63, 3.8) is 0 Å². The monoisotopic (exact) mass is 665 g/mol. The molecule has 0 spiro atoms. The van der Waals surface area contributed by atoms with Gasteiger partial charge in [0.15, 0.2) is 0 Å². The first-order valence-electron chi connectivity index (χ1n) is 20.5. The number of rotatable bonds is 29. The molecule has 0 radical (unpaired) electrons. The molecular weight excluding hydrogens is 588 g/mol. The Bertz CT molecular complexity index is 1040. The second kappa shape index (κ2) is 30.7. The minimum Gasteiger partial charge on any atom is -0.507 e. The first-order valence-corrected chi connectivity index (χ1v) is 20.5. The van der Waals surface area contributed by atoms with Crippen molar-refractivity contribution in [2.24, 2.45) is 0 Å². The van der Waals surface area contributed by atoms with Gasteiger partial charge in [0.25, 0.3) is 0 Å². The van der Waals surface area contributed by atoms with Crippen LogP contribution in [0.4, 0.5) is 0 Å². The lowest BCUT2D eigenvalue weighted by Gasteiger charge is -2.08. The molecule has 48 heavy (non-hydrogen) atoms. The number of carboxylic acid groups (broad SMARTS) is 1. The van der Waals surface area contributed by atoms with Crippen molar-refractivity contribution < 1.29 is 15.0 Å². The Morgan fingerprint density at radius 1 is 0.479 bits per heavy atom. The molecule has 274 valence electrons. The third-order valence-electron chi connectivity index (χ3n) is 10.2. The van der Waals surface area contributed by atoms with Crippen molar-refractivity contribution in [3.8, 4) is 5.75 Å². The van der Waals surface area contributed by atoms with Gasteiger partial charge in [-0.15, -0.1) is 0 Å². The molecule has 3 heteroatoms. The Hall–Kier alpha value is -2.29. The van der Waals surface area contributed by atoms with Gasteiger partial charge >= 0.3 is 5.97 Å². The Balaban J connectivity index is 0.000000482. The zero-order chi connectivity index (χ0) is 35.1. The summed E-state index contributed by atoms with van der Waals surface area (Å²) in [7, 11) is 0. The van der Waals surface area contributed by atoms with E-state index in [9.17, 15) is 15.0 Å². The summed E-state index contributed by atoms with van der Waals surface area (Å²) in [4.78, 5) is 11.2. The molecule has 0 bridgehead atoms. The summed E-state index contributed by atoms with van der Waals surface area (Å²) in [5.74, 6) is -1.16. The van der Waals surface area contributed by atoms with Crippen LogP contribution in [-0.4, -0.2) is 16.2 Å². The standard InChI is InChI=1S/C23H40.C22H36O3/c1-4-5-6-7-8-9-10-11-12-13-14-15-16-19-23-20-17-18-21(2)22(23)3;1-2-3-4-5-6-7-8-9-10-11-12-13-14-16-19-17-15-18-20(23)21(19)22(24)25/h17-18,20H,4-16,19H2,1-3H3;15,17-18,23H,2-14,16H2,1H3,(H,24,25). The lowest BCUT2D eigenvalue weighted by molar-refractivity contribution is 0.0692. The fourth-order valence-corrected chi connectivity index (χ4v) is 6.79. The number of phenols is 1. The van der Waals surface area contributed by atoms with Crippen LogP contribution in [0.2, 0.25) is 0 Å². The molecule has 2 aromatic carbocycles. The van der Waals surface area contributed by atoms with E-state index < -0.39 is 5.97 Å². The highest BCUT2D eigenvalue weighted by molar-refractivity contribution is 5.92. The summed E-state index contributed by atoms with van der Waals surface area (Å²) in [6.45, 7) is 9.05. The smallest absolute Gasteiger partial charge is 0.339 e. The van der Waals surface area contributed by atoms with Gasteiger partial charge in [0.05, 0.1) is 0 Å². The quantitative estimate of drug-likeness (QED) is 0.0851. The number of hydrogen-bond acceptors (Lipinski definition) is 2. The molecule has 0 saturated carbocycles. The number of hydrogen-bond donors (Lipinski definition) is 2. The second-order valence-corrected chi connectivity index (χ2v) is 14.5. The molecule has 0 atom stereocenters. The minimum atomic E-state index is -1.04. The molecule has 2 rings (SSSR count). The summed E-state index contributed by atoms with van der Waals surface area (Å²) in [5, 5.41) is 18.9. The minimum absolute atomic E-state index is 0.0708. The van der Waals surface area contributed by atoms with Gasteiger partial charge in [-0.05, 0) is 67.9 Å². The molecule has 0 aliphatic carbocycles. The Morgan fingerprint density at radius 2 is 0.812 bits per heavy atom. The molecule has 0 aliphatic rings. The van der Waals surface area contributed by atoms with Crippen molar-refractivity contribution in [1.29, 1.82) is 0 Å². The van der Waals surface area contributed by atoms with E-state index in [-0.39, 0.29) is 11.3 Å². The van der Waals surface area contributed by atoms with Crippen molar-refractivity contribution >= 4 is 5.97 Å². The normalized spacial score (nSPS) is 11.0. The molecule has 0 aliphatic heterocycles. The maximum Gasteiger partial charge on any atom is 0.339 e. The van der Waals surface area contributed by atoms with Crippen LogP contribution in [-0.2, 0) is 12.8 Å². The van der Waals surface area contributed by atoms with E-state index in [0.29, 0.717) is 0 Å². The maximum atomic E-state index is 11.2. The van der Waals surface area contributed by atoms with Crippen molar-refractivity contribution in [2.45, 2.75) is 207 Å².